The van der Waals surface area contributed by atoms with Crippen molar-refractivity contribution < 1.29 is 9.09 Å². The lowest BCUT2D eigenvalue weighted by Crippen LogP contribution is -1.59. The summed E-state index contributed by atoms with van der Waals surface area (Å²) in [5.74, 6) is 0. The summed E-state index contributed by atoms with van der Waals surface area (Å²) >= 11 is 7.54. The summed E-state index contributed by atoms with van der Waals surface area (Å²) in [6.45, 7) is 0. The standard InChI is InChI=1S/CH3BrClO2P/c1-5-6(2,3)4/h1H3. The molecule has 0 saturated heterocycles. The predicted octanol–water partition coefficient (Wildman–Crippen LogP) is 2.37. The van der Waals surface area contributed by atoms with E-state index in [9.17, 15) is 4.57 Å². The Labute approximate surface area is 48.8 Å². The highest BCUT2D eigenvalue weighted by Crippen LogP contribution is 2.59. The Bertz CT molecular complexity index is 77.6. The van der Waals surface area contributed by atoms with Gasteiger partial charge < -0.3 is 4.52 Å². The summed E-state index contributed by atoms with van der Waals surface area (Å²) in [5, 5.41) is 0. The van der Waals surface area contributed by atoms with E-state index in [1.165, 1.54) is 7.11 Å². The molecule has 0 bridgehead atoms. The number of hydrogen-bond acceptors (Lipinski definition) is 2. The molecule has 0 aromatic carbocycles. The molecule has 0 aliphatic carbocycles. The molecule has 0 N–H and O–H groups in total. The van der Waals surface area contributed by atoms with Crippen molar-refractivity contribution in [1.29, 1.82) is 0 Å². The summed E-state index contributed by atoms with van der Waals surface area (Å²) < 4.78 is 14.2. The molecule has 6 heavy (non-hydrogen) atoms. The molecule has 0 aromatic heterocycles. The van der Waals surface area contributed by atoms with Crippen molar-refractivity contribution in [3.8, 4) is 0 Å². The molecule has 0 heterocycles. The van der Waals surface area contributed by atoms with Crippen molar-refractivity contribution >= 4 is 32.2 Å². The van der Waals surface area contributed by atoms with Gasteiger partial charge in [-0.3, -0.25) is 4.57 Å². The van der Waals surface area contributed by atoms with Gasteiger partial charge in [-0.15, -0.1) is 0 Å². The third-order valence-corrected chi connectivity index (χ3v) is 1.92. The smallest absolute Gasteiger partial charge is 0.313 e. The number of rotatable bonds is 1. The molecular weight excluding hydrogens is 190 g/mol. The van der Waals surface area contributed by atoms with E-state index >= 15 is 0 Å². The van der Waals surface area contributed by atoms with Crippen molar-refractivity contribution in [3.63, 3.8) is 0 Å². The SMILES string of the molecule is COP(=O)(Cl)Br. The van der Waals surface area contributed by atoms with Crippen LogP contribution >= 0.6 is 32.2 Å². The Morgan fingerprint density at radius 2 is 2.17 bits per heavy atom. The van der Waals surface area contributed by atoms with E-state index in [1.54, 1.807) is 0 Å². The molecule has 1 unspecified atom stereocenters. The van der Waals surface area contributed by atoms with Gasteiger partial charge in [0.15, 0.2) is 0 Å². The molecule has 0 saturated carbocycles. The lowest BCUT2D eigenvalue weighted by molar-refractivity contribution is 0.424. The minimum absolute atomic E-state index is 1.27. The summed E-state index contributed by atoms with van der Waals surface area (Å²) in [6.07, 6.45) is 0. The lowest BCUT2D eigenvalue weighted by atomic mass is 11.8. The van der Waals surface area contributed by atoms with Crippen molar-refractivity contribution in [3.05, 3.63) is 0 Å². The number of halogens is 2. The summed E-state index contributed by atoms with van der Waals surface area (Å²) in [6, 6.07) is 0. The fourth-order valence-corrected chi connectivity index (χ4v) is 0. The van der Waals surface area contributed by atoms with Crippen LogP contribution in [-0.2, 0) is 9.09 Å². The second-order valence-electron chi connectivity index (χ2n) is 0.597. The van der Waals surface area contributed by atoms with Crippen LogP contribution in [-0.4, -0.2) is 7.11 Å². The molecule has 0 spiro atoms. The zero-order valence-corrected chi connectivity index (χ0v) is 6.26. The third kappa shape index (κ3) is 4.96. The van der Waals surface area contributed by atoms with Crippen molar-refractivity contribution in [2.75, 3.05) is 7.11 Å². The van der Waals surface area contributed by atoms with Crippen LogP contribution in [0.4, 0.5) is 0 Å². The minimum atomic E-state index is -2.86. The molecule has 2 nitrogen and oxygen atoms in total. The Balaban J connectivity index is 3.48. The fourth-order valence-electron chi connectivity index (χ4n) is 0. The third-order valence-electron chi connectivity index (χ3n) is 0.213. The Morgan fingerprint density at radius 1 is 2.00 bits per heavy atom. The van der Waals surface area contributed by atoms with Crippen LogP contribution < -0.4 is 0 Å². The van der Waals surface area contributed by atoms with Gasteiger partial charge in [0.25, 0.3) is 0 Å². The second-order valence-corrected chi connectivity index (χ2v) is 7.15. The van der Waals surface area contributed by atoms with E-state index in [1.807, 2.05) is 0 Å². The topological polar surface area (TPSA) is 26.3 Å². The Hall–Kier alpha value is 0.960. The predicted molar refractivity (Wildman–Crippen MR) is 29.4 cm³/mol. The van der Waals surface area contributed by atoms with Crippen LogP contribution in [0.2, 0.25) is 0 Å². The zero-order valence-electron chi connectivity index (χ0n) is 3.02. The molecule has 0 rings (SSSR count). The van der Waals surface area contributed by atoms with Crippen LogP contribution in [0.25, 0.3) is 0 Å². The van der Waals surface area contributed by atoms with Gasteiger partial charge in [0.05, 0.1) is 0 Å². The first-order chi connectivity index (χ1) is 2.56. The first-order valence-corrected chi connectivity index (χ1v) is 5.66. The molecule has 0 fully saturated rings. The van der Waals surface area contributed by atoms with Gasteiger partial charge in [-0.2, -0.15) is 0 Å². The molecule has 38 valence electrons. The van der Waals surface area contributed by atoms with Gasteiger partial charge in [0.1, 0.15) is 0 Å². The number of hydrogen-bond donors (Lipinski definition) is 0. The van der Waals surface area contributed by atoms with E-state index in [0.717, 1.165) is 0 Å². The lowest BCUT2D eigenvalue weighted by Gasteiger charge is -1.91. The normalized spacial score (nSPS) is 19.8. The average Bonchev–Trinajstić information content (AvgIpc) is 1.35. The van der Waals surface area contributed by atoms with Crippen LogP contribution in [0.5, 0.6) is 0 Å². The van der Waals surface area contributed by atoms with Gasteiger partial charge >= 0.3 is 5.42 Å². The molecule has 0 radical (unpaired) electrons. The van der Waals surface area contributed by atoms with E-state index < -0.39 is 5.42 Å². The maximum absolute atomic E-state index is 10.0. The van der Waals surface area contributed by atoms with E-state index in [-0.39, 0.29) is 0 Å². The summed E-state index contributed by atoms with van der Waals surface area (Å²) in [5.41, 5.74) is -2.86. The highest BCUT2D eigenvalue weighted by molar-refractivity contribution is 9.42. The highest BCUT2D eigenvalue weighted by atomic mass is 79.9. The van der Waals surface area contributed by atoms with Crippen molar-refractivity contribution in [2.24, 2.45) is 0 Å². The molecule has 1 atom stereocenters. The fraction of sp³-hybridized carbons (Fsp3) is 1.00. The van der Waals surface area contributed by atoms with E-state index in [0.29, 0.717) is 0 Å². The molecule has 5 heteroatoms. The van der Waals surface area contributed by atoms with Crippen LogP contribution in [0, 0.1) is 0 Å². The summed E-state index contributed by atoms with van der Waals surface area (Å²) in [4.78, 5) is 0. The Morgan fingerprint density at radius 3 is 2.17 bits per heavy atom. The second kappa shape index (κ2) is 2.31. The first-order valence-electron chi connectivity index (χ1n) is 1.11. The van der Waals surface area contributed by atoms with Crippen molar-refractivity contribution in [2.45, 2.75) is 0 Å². The van der Waals surface area contributed by atoms with Gasteiger partial charge in [-0.05, 0) is 11.2 Å². The van der Waals surface area contributed by atoms with Crippen molar-refractivity contribution in [1.82, 2.24) is 0 Å². The van der Waals surface area contributed by atoms with E-state index in [4.69, 9.17) is 11.2 Å². The van der Waals surface area contributed by atoms with Crippen LogP contribution in [0.15, 0.2) is 0 Å². The van der Waals surface area contributed by atoms with E-state index in [2.05, 4.69) is 20.0 Å². The van der Waals surface area contributed by atoms with Crippen LogP contribution in [0.3, 0.4) is 0 Å². The minimum Gasteiger partial charge on any atom is -0.313 e. The molecule has 0 aliphatic rings. The summed E-state index contributed by atoms with van der Waals surface area (Å²) in [7, 11) is 1.27. The molecule has 0 aliphatic heterocycles. The van der Waals surface area contributed by atoms with Gasteiger partial charge in [-0.1, -0.05) is 0 Å². The van der Waals surface area contributed by atoms with Gasteiger partial charge in [0.2, 0.25) is 0 Å². The van der Waals surface area contributed by atoms with Gasteiger partial charge in [0, 0.05) is 22.6 Å². The first kappa shape index (κ1) is 6.96. The quantitative estimate of drug-likeness (QED) is 0.598. The maximum atomic E-state index is 10.0. The van der Waals surface area contributed by atoms with Gasteiger partial charge in [-0.25, -0.2) is 0 Å². The monoisotopic (exact) mass is 192 g/mol. The largest absolute Gasteiger partial charge is 0.353 e. The Kier molecular flexibility index (Phi) is 2.68. The molecule has 0 amide bonds. The zero-order chi connectivity index (χ0) is 5.21. The average molecular weight is 193 g/mol. The molecule has 0 aromatic rings. The highest BCUT2D eigenvalue weighted by Gasteiger charge is 2.07. The maximum Gasteiger partial charge on any atom is 0.353 e. The van der Waals surface area contributed by atoms with Crippen LogP contribution in [0.1, 0.15) is 0 Å². The molecular formula is CH3BrClO2P.